The highest BCUT2D eigenvalue weighted by atomic mass is 16.6. The van der Waals surface area contributed by atoms with E-state index in [-0.39, 0.29) is 29.7 Å². The summed E-state index contributed by atoms with van der Waals surface area (Å²) in [6, 6.07) is 5.45. The van der Waals surface area contributed by atoms with Gasteiger partial charge in [-0.05, 0) is 84.1 Å². The third-order valence-electron chi connectivity index (χ3n) is 8.41. The molecule has 0 aliphatic carbocycles. The molecule has 0 saturated carbocycles. The van der Waals surface area contributed by atoms with E-state index >= 15 is 0 Å². The molecule has 2 unspecified atom stereocenters. The van der Waals surface area contributed by atoms with E-state index in [2.05, 4.69) is 16.3 Å². The van der Waals surface area contributed by atoms with E-state index in [1.165, 1.54) is 0 Å². The number of benzene rings is 1. The predicted octanol–water partition coefficient (Wildman–Crippen LogP) is 2.29. The van der Waals surface area contributed by atoms with E-state index in [4.69, 9.17) is 4.74 Å². The molecular weight excluding hydrogens is 486 g/mol. The number of aryl methyl sites for hydroxylation is 1. The van der Waals surface area contributed by atoms with E-state index in [1.807, 2.05) is 49.8 Å². The van der Waals surface area contributed by atoms with Gasteiger partial charge in [0.15, 0.2) is 0 Å². The molecule has 1 aromatic carbocycles. The summed E-state index contributed by atoms with van der Waals surface area (Å²) in [7, 11) is 1.85. The highest BCUT2D eigenvalue weighted by Crippen LogP contribution is 2.44. The average molecular weight is 528 g/mol. The Bertz CT molecular complexity index is 1090. The van der Waals surface area contributed by atoms with E-state index in [0.29, 0.717) is 6.42 Å². The molecule has 10 nitrogen and oxygen atoms in total. The van der Waals surface area contributed by atoms with Crippen molar-refractivity contribution in [1.82, 2.24) is 15.1 Å². The van der Waals surface area contributed by atoms with Gasteiger partial charge in [-0.15, -0.1) is 0 Å². The van der Waals surface area contributed by atoms with Crippen molar-refractivity contribution in [3.05, 3.63) is 23.8 Å². The van der Waals surface area contributed by atoms with Gasteiger partial charge in [-0.1, -0.05) is 12.1 Å². The third-order valence-corrected chi connectivity index (χ3v) is 8.41. The lowest BCUT2D eigenvalue weighted by atomic mass is 9.72. The maximum absolute atomic E-state index is 12.5. The van der Waals surface area contributed by atoms with Crippen LogP contribution in [0, 0.1) is 5.41 Å². The Morgan fingerprint density at radius 3 is 2.55 bits per heavy atom. The Hall–Kier alpha value is -2.85. The second-order valence-corrected chi connectivity index (χ2v) is 12.4. The van der Waals surface area contributed by atoms with Crippen LogP contribution in [0.3, 0.4) is 0 Å². The fourth-order valence-electron chi connectivity index (χ4n) is 6.38. The van der Waals surface area contributed by atoms with Crippen LogP contribution in [0.5, 0.6) is 0 Å². The number of aliphatic hydroxyl groups excluding tert-OH is 1. The predicted molar refractivity (Wildman–Crippen MR) is 144 cm³/mol. The topological polar surface area (TPSA) is 106 Å². The van der Waals surface area contributed by atoms with E-state index in [1.54, 1.807) is 4.90 Å². The molecule has 3 amide bonds. The van der Waals surface area contributed by atoms with Gasteiger partial charge in [0.1, 0.15) is 11.6 Å². The molecule has 4 aliphatic heterocycles. The van der Waals surface area contributed by atoms with Crippen molar-refractivity contribution in [1.29, 1.82) is 0 Å². The molecule has 38 heavy (non-hydrogen) atoms. The summed E-state index contributed by atoms with van der Waals surface area (Å²) in [4.78, 5) is 44.4. The number of fused-ring (bicyclic) bond motifs is 1. The van der Waals surface area contributed by atoms with Crippen molar-refractivity contribution in [2.75, 3.05) is 49.6 Å². The summed E-state index contributed by atoms with van der Waals surface area (Å²) in [5.74, 6) is -0.612. The molecule has 10 heteroatoms. The minimum absolute atomic E-state index is 0.202. The van der Waals surface area contributed by atoms with Crippen molar-refractivity contribution >= 4 is 29.3 Å². The van der Waals surface area contributed by atoms with Crippen molar-refractivity contribution in [3.8, 4) is 0 Å². The number of anilines is 2. The van der Waals surface area contributed by atoms with Gasteiger partial charge >= 0.3 is 6.09 Å². The molecule has 3 saturated heterocycles. The fraction of sp³-hybridized carbons (Fsp3) is 0.679. The lowest BCUT2D eigenvalue weighted by Gasteiger charge is -2.53. The molecule has 1 aromatic rings. The zero-order valence-corrected chi connectivity index (χ0v) is 23.0. The maximum Gasteiger partial charge on any atom is 0.410 e. The van der Waals surface area contributed by atoms with Crippen LogP contribution in [-0.2, 0) is 20.7 Å². The van der Waals surface area contributed by atoms with Crippen LogP contribution in [0.25, 0.3) is 0 Å². The van der Waals surface area contributed by atoms with Crippen LogP contribution < -0.4 is 15.1 Å². The standard InChI is InChI=1S/C28H41N5O5/c1-27(2,3)38-26(37)32-17-28(18-32)12-15-31(16-13-28)14-6-8-19-7-5-9-20-23(19)30(4)25(36)33(20)21-10-11-22(34)29-24(21)35/h5,7,9,21,25,36H,6,8,10-18H2,1-4H3,(H,29,34,35). The summed E-state index contributed by atoms with van der Waals surface area (Å²) in [5, 5.41) is 13.4. The van der Waals surface area contributed by atoms with Crippen LogP contribution in [0.2, 0.25) is 0 Å². The second-order valence-electron chi connectivity index (χ2n) is 12.4. The summed E-state index contributed by atoms with van der Waals surface area (Å²) in [5.41, 5.74) is 2.73. The molecule has 0 radical (unpaired) electrons. The van der Waals surface area contributed by atoms with Gasteiger partial charge in [0, 0.05) is 32.0 Å². The number of nitrogens with zero attached hydrogens (tertiary/aromatic N) is 4. The zero-order valence-electron chi connectivity index (χ0n) is 23.0. The van der Waals surface area contributed by atoms with Crippen LogP contribution in [0.1, 0.15) is 58.4 Å². The summed E-state index contributed by atoms with van der Waals surface area (Å²) in [6.07, 6.45) is 3.59. The number of para-hydroxylation sites is 1. The molecule has 1 spiro atoms. The summed E-state index contributed by atoms with van der Waals surface area (Å²) >= 11 is 0. The third kappa shape index (κ3) is 5.20. The molecule has 2 atom stereocenters. The zero-order chi connectivity index (χ0) is 27.2. The number of piperidine rings is 2. The number of carbonyl (C=O) groups excluding carboxylic acids is 3. The number of aliphatic hydroxyl groups is 1. The molecule has 0 aromatic heterocycles. The number of hydrogen-bond donors (Lipinski definition) is 2. The van der Waals surface area contributed by atoms with Crippen molar-refractivity contribution < 1.29 is 24.2 Å². The van der Waals surface area contributed by atoms with Crippen LogP contribution in [0.15, 0.2) is 18.2 Å². The lowest BCUT2D eigenvalue weighted by molar-refractivity contribution is -0.134. The quantitative estimate of drug-likeness (QED) is 0.562. The number of carbonyl (C=O) groups is 3. The SMILES string of the molecule is CN1c2c(CCCN3CCC4(CC3)CN(C(=O)OC(C)(C)C)C4)cccc2N(C2CCC(=O)NC2=O)C1O. The van der Waals surface area contributed by atoms with Gasteiger partial charge in [0.05, 0.1) is 11.4 Å². The Morgan fingerprint density at radius 1 is 1.18 bits per heavy atom. The number of nitrogens with one attached hydrogen (secondary N) is 1. The summed E-state index contributed by atoms with van der Waals surface area (Å²) in [6.45, 7) is 10.4. The van der Waals surface area contributed by atoms with E-state index in [0.717, 1.165) is 75.3 Å². The van der Waals surface area contributed by atoms with Crippen LogP contribution >= 0.6 is 0 Å². The number of rotatable bonds is 5. The molecule has 5 rings (SSSR count). The Balaban J connectivity index is 1.13. The van der Waals surface area contributed by atoms with Gasteiger partial charge in [0.25, 0.3) is 0 Å². The van der Waals surface area contributed by atoms with Gasteiger partial charge < -0.3 is 29.4 Å². The molecular formula is C28H41N5O5. The Kier molecular flexibility index (Phi) is 7.06. The minimum Gasteiger partial charge on any atom is -0.444 e. The van der Waals surface area contributed by atoms with E-state index in [9.17, 15) is 19.5 Å². The van der Waals surface area contributed by atoms with Gasteiger partial charge in [0.2, 0.25) is 18.2 Å². The Labute approximate surface area is 224 Å². The lowest BCUT2D eigenvalue weighted by Crippen LogP contribution is -2.62. The number of hydrogen-bond acceptors (Lipinski definition) is 8. The van der Waals surface area contributed by atoms with Gasteiger partial charge in [-0.2, -0.15) is 0 Å². The van der Waals surface area contributed by atoms with Crippen molar-refractivity contribution in [2.45, 2.75) is 77.3 Å². The smallest absolute Gasteiger partial charge is 0.410 e. The number of amides is 3. The first-order valence-electron chi connectivity index (χ1n) is 13.8. The molecule has 2 N–H and O–H groups in total. The monoisotopic (exact) mass is 527 g/mol. The average Bonchev–Trinajstić information content (AvgIpc) is 3.08. The van der Waals surface area contributed by atoms with E-state index < -0.39 is 18.0 Å². The maximum atomic E-state index is 12.5. The highest BCUT2D eigenvalue weighted by Gasteiger charge is 2.48. The summed E-state index contributed by atoms with van der Waals surface area (Å²) < 4.78 is 5.51. The first kappa shape index (κ1) is 26.7. The molecule has 3 fully saturated rings. The second kappa shape index (κ2) is 10.0. The molecule has 4 heterocycles. The van der Waals surface area contributed by atoms with Crippen molar-refractivity contribution in [2.24, 2.45) is 5.41 Å². The van der Waals surface area contributed by atoms with Gasteiger partial charge in [-0.25, -0.2) is 4.79 Å². The normalized spacial score (nSPS) is 25.3. The largest absolute Gasteiger partial charge is 0.444 e. The first-order valence-corrected chi connectivity index (χ1v) is 13.8. The number of ether oxygens (including phenoxy) is 1. The highest BCUT2D eigenvalue weighted by molar-refractivity contribution is 6.02. The number of likely N-dealkylation sites (tertiary alicyclic amines) is 2. The van der Waals surface area contributed by atoms with Crippen LogP contribution in [-0.4, -0.2) is 90.6 Å². The Morgan fingerprint density at radius 2 is 1.89 bits per heavy atom. The van der Waals surface area contributed by atoms with Gasteiger partial charge in [-0.3, -0.25) is 14.9 Å². The molecule has 208 valence electrons. The molecule has 4 aliphatic rings. The fourth-order valence-corrected chi connectivity index (χ4v) is 6.38. The number of imide groups is 1. The molecule has 0 bridgehead atoms. The minimum atomic E-state index is -0.948. The van der Waals surface area contributed by atoms with Crippen LogP contribution in [0.4, 0.5) is 16.2 Å². The van der Waals surface area contributed by atoms with Crippen molar-refractivity contribution in [3.63, 3.8) is 0 Å². The first-order chi connectivity index (χ1) is 18.0.